The first kappa shape index (κ1) is 23.7. The van der Waals surface area contributed by atoms with Gasteiger partial charge in [-0.05, 0) is 35.2 Å². The van der Waals surface area contributed by atoms with E-state index in [1.165, 1.54) is 0 Å². The standard InChI is InChI=1S/C27H30N4O5/c1-16(2)25(17-8-9-22-23(13-17)36-11-5-10-35-22)30-24(32)15-31-26(33)21(29-27(31)34)12-18-14-28-20-7-4-3-6-19(18)20/h3-4,6-9,13-14,16,21,25,28H,5,10-12,15H2,1-2H3,(H,29,34)(H,30,32). The summed E-state index contributed by atoms with van der Waals surface area (Å²) in [5.74, 6) is 0.593. The molecule has 1 aromatic heterocycles. The lowest BCUT2D eigenvalue weighted by Gasteiger charge is -2.25. The van der Waals surface area contributed by atoms with Gasteiger partial charge in [-0.2, -0.15) is 0 Å². The van der Waals surface area contributed by atoms with Gasteiger partial charge in [0.2, 0.25) is 5.91 Å². The number of hydrogen-bond acceptors (Lipinski definition) is 5. The van der Waals surface area contributed by atoms with Crippen molar-refractivity contribution in [3.63, 3.8) is 0 Å². The number of amides is 4. The molecule has 3 N–H and O–H groups in total. The lowest BCUT2D eigenvalue weighted by Crippen LogP contribution is -2.43. The van der Waals surface area contributed by atoms with Crippen molar-refractivity contribution in [3.05, 3.63) is 59.8 Å². The van der Waals surface area contributed by atoms with E-state index < -0.39 is 23.9 Å². The summed E-state index contributed by atoms with van der Waals surface area (Å²) < 4.78 is 11.5. The molecule has 188 valence electrons. The number of imide groups is 1. The molecule has 1 fully saturated rings. The second-order valence-electron chi connectivity index (χ2n) is 9.54. The van der Waals surface area contributed by atoms with Crippen LogP contribution in [0.1, 0.15) is 37.4 Å². The maximum absolute atomic E-state index is 13.0. The topological polar surface area (TPSA) is 113 Å². The normalized spacial score (nSPS) is 18.3. The molecular weight excluding hydrogens is 460 g/mol. The van der Waals surface area contributed by atoms with E-state index in [1.807, 2.05) is 62.5 Å². The van der Waals surface area contributed by atoms with Gasteiger partial charge in [0.15, 0.2) is 11.5 Å². The molecule has 2 aliphatic heterocycles. The molecule has 3 heterocycles. The predicted octanol–water partition coefficient (Wildman–Crippen LogP) is 3.31. The van der Waals surface area contributed by atoms with Crippen molar-refractivity contribution in [2.24, 2.45) is 5.92 Å². The molecule has 5 rings (SSSR count). The molecular formula is C27H30N4O5. The first-order valence-corrected chi connectivity index (χ1v) is 12.3. The maximum Gasteiger partial charge on any atom is 0.325 e. The van der Waals surface area contributed by atoms with Crippen molar-refractivity contribution in [1.29, 1.82) is 0 Å². The minimum absolute atomic E-state index is 0.0661. The molecule has 0 bridgehead atoms. The van der Waals surface area contributed by atoms with Gasteiger partial charge in [0.25, 0.3) is 5.91 Å². The molecule has 0 saturated carbocycles. The number of nitrogens with zero attached hydrogens (tertiary/aromatic N) is 1. The third kappa shape index (κ3) is 4.73. The summed E-state index contributed by atoms with van der Waals surface area (Å²) in [7, 11) is 0. The molecule has 2 aromatic carbocycles. The Morgan fingerprint density at radius 1 is 1.11 bits per heavy atom. The van der Waals surface area contributed by atoms with Crippen LogP contribution in [0.15, 0.2) is 48.7 Å². The Labute approximate surface area is 209 Å². The first-order chi connectivity index (χ1) is 17.4. The van der Waals surface area contributed by atoms with Crippen LogP contribution < -0.4 is 20.1 Å². The largest absolute Gasteiger partial charge is 0.490 e. The highest BCUT2D eigenvalue weighted by Gasteiger charge is 2.39. The van der Waals surface area contributed by atoms with Gasteiger partial charge in [0.1, 0.15) is 12.6 Å². The van der Waals surface area contributed by atoms with Crippen molar-refractivity contribution in [2.45, 2.75) is 38.8 Å². The summed E-state index contributed by atoms with van der Waals surface area (Å²) in [4.78, 5) is 42.7. The number of carbonyl (C=O) groups excluding carboxylic acids is 3. The van der Waals surface area contributed by atoms with E-state index >= 15 is 0 Å². The number of urea groups is 1. The van der Waals surface area contributed by atoms with Crippen LogP contribution in [0.2, 0.25) is 0 Å². The average Bonchev–Trinajstić information content (AvgIpc) is 3.27. The van der Waals surface area contributed by atoms with Crippen LogP contribution in [0, 0.1) is 5.92 Å². The van der Waals surface area contributed by atoms with Gasteiger partial charge in [-0.1, -0.05) is 38.1 Å². The summed E-state index contributed by atoms with van der Waals surface area (Å²) in [6.07, 6.45) is 3.00. The SMILES string of the molecule is CC(C)C(NC(=O)CN1C(=O)NC(Cc2c[nH]c3ccccc23)C1=O)c1ccc2c(c1)OCCCO2. The van der Waals surface area contributed by atoms with Crippen molar-refractivity contribution in [3.8, 4) is 11.5 Å². The molecule has 2 atom stereocenters. The van der Waals surface area contributed by atoms with Gasteiger partial charge in [-0.15, -0.1) is 0 Å². The first-order valence-electron chi connectivity index (χ1n) is 12.3. The molecule has 9 nitrogen and oxygen atoms in total. The fourth-order valence-electron chi connectivity index (χ4n) is 4.76. The Bertz CT molecular complexity index is 1300. The Balaban J connectivity index is 1.25. The second kappa shape index (κ2) is 9.93. The summed E-state index contributed by atoms with van der Waals surface area (Å²) in [6.45, 7) is 4.83. The van der Waals surface area contributed by atoms with Crippen molar-refractivity contribution >= 4 is 28.7 Å². The number of benzene rings is 2. The van der Waals surface area contributed by atoms with Gasteiger partial charge >= 0.3 is 6.03 Å². The number of aromatic amines is 1. The van der Waals surface area contributed by atoms with Gasteiger partial charge in [0.05, 0.1) is 19.3 Å². The number of hydrogen-bond donors (Lipinski definition) is 3. The summed E-state index contributed by atoms with van der Waals surface area (Å²) in [5.41, 5.74) is 2.77. The monoisotopic (exact) mass is 490 g/mol. The fourth-order valence-corrected chi connectivity index (χ4v) is 4.76. The van der Waals surface area contributed by atoms with Crippen molar-refractivity contribution in [1.82, 2.24) is 20.5 Å². The smallest absolute Gasteiger partial charge is 0.325 e. The minimum Gasteiger partial charge on any atom is -0.490 e. The van der Waals surface area contributed by atoms with Crippen LogP contribution in [0.25, 0.3) is 10.9 Å². The number of nitrogens with one attached hydrogen (secondary N) is 3. The maximum atomic E-state index is 13.0. The molecule has 9 heteroatoms. The van der Waals surface area contributed by atoms with E-state index in [0.717, 1.165) is 33.4 Å². The fraction of sp³-hybridized carbons (Fsp3) is 0.370. The van der Waals surface area contributed by atoms with Crippen molar-refractivity contribution < 1.29 is 23.9 Å². The Morgan fingerprint density at radius 2 is 1.89 bits per heavy atom. The van der Waals surface area contributed by atoms with E-state index in [9.17, 15) is 14.4 Å². The highest BCUT2D eigenvalue weighted by Crippen LogP contribution is 2.34. The number of aromatic nitrogens is 1. The molecule has 2 aliphatic rings. The van der Waals surface area contributed by atoms with Crippen LogP contribution in [0.5, 0.6) is 11.5 Å². The van der Waals surface area contributed by atoms with E-state index in [1.54, 1.807) is 0 Å². The van der Waals surface area contributed by atoms with Crippen LogP contribution in [-0.2, 0) is 16.0 Å². The molecule has 0 aliphatic carbocycles. The second-order valence-corrected chi connectivity index (χ2v) is 9.54. The number of para-hydroxylation sites is 1. The molecule has 2 unspecified atom stereocenters. The lowest BCUT2D eigenvalue weighted by molar-refractivity contribution is -0.132. The van der Waals surface area contributed by atoms with Gasteiger partial charge in [-0.25, -0.2) is 4.79 Å². The van der Waals surface area contributed by atoms with E-state index in [4.69, 9.17) is 9.47 Å². The molecule has 0 radical (unpaired) electrons. The van der Waals surface area contributed by atoms with Gasteiger partial charge in [0, 0.05) is 29.9 Å². The third-order valence-electron chi connectivity index (χ3n) is 6.62. The van der Waals surface area contributed by atoms with Crippen LogP contribution >= 0.6 is 0 Å². The average molecular weight is 491 g/mol. The Hall–Kier alpha value is -4.01. The molecule has 1 saturated heterocycles. The summed E-state index contributed by atoms with van der Waals surface area (Å²) in [5, 5.41) is 6.72. The number of ether oxygens (including phenoxy) is 2. The number of fused-ring (bicyclic) bond motifs is 2. The van der Waals surface area contributed by atoms with Crippen LogP contribution in [-0.4, -0.2) is 53.5 Å². The van der Waals surface area contributed by atoms with Gasteiger partial charge in [-0.3, -0.25) is 14.5 Å². The number of rotatable bonds is 7. The zero-order chi connectivity index (χ0) is 25.2. The molecule has 0 spiro atoms. The van der Waals surface area contributed by atoms with E-state index in [0.29, 0.717) is 31.1 Å². The Kier molecular flexibility index (Phi) is 6.54. The lowest BCUT2D eigenvalue weighted by atomic mass is 9.95. The summed E-state index contributed by atoms with van der Waals surface area (Å²) >= 11 is 0. The number of carbonyl (C=O) groups is 3. The van der Waals surface area contributed by atoms with Gasteiger partial charge < -0.3 is 25.1 Å². The Morgan fingerprint density at radius 3 is 2.69 bits per heavy atom. The van der Waals surface area contributed by atoms with E-state index in [2.05, 4.69) is 15.6 Å². The number of H-pyrrole nitrogens is 1. The summed E-state index contributed by atoms with van der Waals surface area (Å²) in [6, 6.07) is 11.8. The highest BCUT2D eigenvalue weighted by molar-refractivity contribution is 6.06. The third-order valence-corrected chi connectivity index (χ3v) is 6.62. The van der Waals surface area contributed by atoms with Crippen molar-refractivity contribution in [2.75, 3.05) is 19.8 Å². The molecule has 3 aromatic rings. The van der Waals surface area contributed by atoms with Crippen LogP contribution in [0.3, 0.4) is 0 Å². The highest BCUT2D eigenvalue weighted by atomic mass is 16.5. The quantitative estimate of drug-likeness (QED) is 0.440. The zero-order valence-electron chi connectivity index (χ0n) is 20.4. The minimum atomic E-state index is -0.716. The zero-order valence-corrected chi connectivity index (χ0v) is 20.4. The predicted molar refractivity (Wildman–Crippen MR) is 134 cm³/mol. The van der Waals surface area contributed by atoms with E-state index in [-0.39, 0.29) is 18.5 Å². The molecule has 4 amide bonds. The van der Waals surface area contributed by atoms with Crippen LogP contribution in [0.4, 0.5) is 4.79 Å². The molecule has 36 heavy (non-hydrogen) atoms.